The van der Waals surface area contributed by atoms with Gasteiger partial charge in [0.2, 0.25) is 0 Å². The average molecular weight is 354 g/mol. The number of thioether (sulfide) groups is 1. The SMILES string of the molecule is CCSC1C(C(=O)c2ccccc2Cl)=C(CC(=O)O)C(=O)N1C. The van der Waals surface area contributed by atoms with E-state index in [1.54, 1.807) is 31.3 Å². The molecule has 0 fully saturated rings. The van der Waals surface area contributed by atoms with Crippen LogP contribution in [0.2, 0.25) is 5.02 Å². The molecule has 1 atom stereocenters. The van der Waals surface area contributed by atoms with Crippen molar-refractivity contribution in [2.75, 3.05) is 12.8 Å². The second-order valence-electron chi connectivity index (χ2n) is 5.00. The molecular weight excluding hydrogens is 338 g/mol. The summed E-state index contributed by atoms with van der Waals surface area (Å²) >= 11 is 7.49. The van der Waals surface area contributed by atoms with E-state index in [-0.39, 0.29) is 21.7 Å². The molecule has 1 aliphatic rings. The van der Waals surface area contributed by atoms with Crippen LogP contribution in [0.25, 0.3) is 0 Å². The Labute approximate surface area is 143 Å². The largest absolute Gasteiger partial charge is 0.481 e. The van der Waals surface area contributed by atoms with E-state index in [9.17, 15) is 14.4 Å². The summed E-state index contributed by atoms with van der Waals surface area (Å²) in [7, 11) is 1.57. The van der Waals surface area contributed by atoms with Crippen LogP contribution in [0.4, 0.5) is 0 Å². The number of rotatable bonds is 6. The van der Waals surface area contributed by atoms with E-state index in [1.807, 2.05) is 6.92 Å². The van der Waals surface area contributed by atoms with E-state index in [2.05, 4.69) is 0 Å². The highest BCUT2D eigenvalue weighted by atomic mass is 35.5. The Hall–Kier alpha value is -1.79. The third-order valence-corrected chi connectivity index (χ3v) is 5.05. The van der Waals surface area contributed by atoms with E-state index in [0.29, 0.717) is 5.75 Å². The van der Waals surface area contributed by atoms with Crippen LogP contribution in [0, 0.1) is 0 Å². The Morgan fingerprint density at radius 3 is 2.57 bits per heavy atom. The second-order valence-corrected chi connectivity index (χ2v) is 6.76. The summed E-state index contributed by atoms with van der Waals surface area (Å²) in [4.78, 5) is 37.8. The van der Waals surface area contributed by atoms with Gasteiger partial charge in [0.1, 0.15) is 5.37 Å². The van der Waals surface area contributed by atoms with Crippen LogP contribution in [0.3, 0.4) is 0 Å². The number of aliphatic carboxylic acids is 1. The van der Waals surface area contributed by atoms with Gasteiger partial charge in [-0.3, -0.25) is 14.4 Å². The molecule has 1 aromatic rings. The smallest absolute Gasteiger partial charge is 0.308 e. The van der Waals surface area contributed by atoms with Gasteiger partial charge in [0, 0.05) is 23.8 Å². The normalized spacial score (nSPS) is 17.8. The zero-order valence-electron chi connectivity index (χ0n) is 12.7. The lowest BCUT2D eigenvalue weighted by atomic mass is 9.98. The van der Waals surface area contributed by atoms with Gasteiger partial charge in [-0.05, 0) is 17.9 Å². The van der Waals surface area contributed by atoms with Crippen LogP contribution in [0.15, 0.2) is 35.4 Å². The Bertz CT molecular complexity index is 701. The summed E-state index contributed by atoms with van der Waals surface area (Å²) in [5, 5.41) is 8.85. The lowest BCUT2D eigenvalue weighted by molar-refractivity contribution is -0.137. The van der Waals surface area contributed by atoms with Crippen LogP contribution in [-0.2, 0) is 9.59 Å². The maximum absolute atomic E-state index is 12.9. The number of carbonyl (C=O) groups is 3. The number of carboxylic acid groups (broad SMARTS) is 1. The molecule has 2 rings (SSSR count). The Morgan fingerprint density at radius 1 is 1.35 bits per heavy atom. The Balaban J connectivity index is 2.56. The fourth-order valence-electron chi connectivity index (χ4n) is 2.49. The average Bonchev–Trinajstić information content (AvgIpc) is 2.72. The molecule has 0 bridgehead atoms. The minimum atomic E-state index is -1.15. The first-order chi connectivity index (χ1) is 10.9. The number of hydrogen-bond acceptors (Lipinski definition) is 4. The number of nitrogens with zero attached hydrogens (tertiary/aromatic N) is 1. The Kier molecular flexibility index (Phi) is 5.49. The standard InChI is InChI=1S/C16H16ClNO4S/c1-3-23-16-13(10(8-12(19)20)15(22)18(16)2)14(21)9-6-4-5-7-11(9)17/h4-7,16H,3,8H2,1-2H3,(H,19,20). The highest BCUT2D eigenvalue weighted by molar-refractivity contribution is 8.00. The van der Waals surface area contributed by atoms with Gasteiger partial charge in [0.05, 0.1) is 11.4 Å². The number of halogens is 1. The lowest BCUT2D eigenvalue weighted by Crippen LogP contribution is -2.31. The van der Waals surface area contributed by atoms with Gasteiger partial charge in [-0.25, -0.2) is 0 Å². The molecule has 0 saturated carbocycles. The first-order valence-corrected chi connectivity index (χ1v) is 8.44. The number of carbonyl (C=O) groups excluding carboxylic acids is 2. The van der Waals surface area contributed by atoms with Crippen molar-refractivity contribution >= 4 is 41.0 Å². The first-order valence-electron chi connectivity index (χ1n) is 7.01. The van der Waals surface area contributed by atoms with Crippen molar-refractivity contribution in [2.24, 2.45) is 0 Å². The van der Waals surface area contributed by atoms with Crippen LogP contribution in [-0.4, -0.2) is 45.8 Å². The van der Waals surface area contributed by atoms with E-state index < -0.39 is 29.5 Å². The minimum Gasteiger partial charge on any atom is -0.481 e. The van der Waals surface area contributed by atoms with Crippen LogP contribution in [0.5, 0.6) is 0 Å². The van der Waals surface area contributed by atoms with Crippen molar-refractivity contribution in [3.05, 3.63) is 46.0 Å². The fourth-order valence-corrected chi connectivity index (χ4v) is 3.76. The van der Waals surface area contributed by atoms with Crippen molar-refractivity contribution in [3.63, 3.8) is 0 Å². The van der Waals surface area contributed by atoms with Gasteiger partial charge in [-0.1, -0.05) is 30.7 Å². The minimum absolute atomic E-state index is 0.0378. The van der Waals surface area contributed by atoms with Crippen LogP contribution >= 0.6 is 23.4 Å². The molecule has 0 spiro atoms. The molecule has 0 saturated heterocycles. The third-order valence-electron chi connectivity index (χ3n) is 3.52. The highest BCUT2D eigenvalue weighted by Gasteiger charge is 2.41. The summed E-state index contributed by atoms with van der Waals surface area (Å²) in [6.07, 6.45) is -0.477. The van der Waals surface area contributed by atoms with Gasteiger partial charge in [-0.2, -0.15) is 0 Å². The molecular formula is C16H16ClNO4S. The molecule has 5 nitrogen and oxygen atoms in total. The zero-order chi connectivity index (χ0) is 17.1. The molecule has 0 aliphatic carbocycles. The van der Waals surface area contributed by atoms with Gasteiger partial charge >= 0.3 is 5.97 Å². The monoisotopic (exact) mass is 353 g/mol. The lowest BCUT2D eigenvalue weighted by Gasteiger charge is -2.21. The summed E-state index contributed by atoms with van der Waals surface area (Å²) < 4.78 is 0. The molecule has 122 valence electrons. The van der Waals surface area contributed by atoms with Gasteiger partial charge in [-0.15, -0.1) is 11.8 Å². The topological polar surface area (TPSA) is 74.7 Å². The van der Waals surface area contributed by atoms with E-state index in [1.165, 1.54) is 16.7 Å². The number of amides is 1. The summed E-state index contributed by atoms with van der Waals surface area (Å²) in [6.45, 7) is 1.91. The molecule has 0 aromatic heterocycles. The molecule has 1 aromatic carbocycles. The number of ketones is 1. The van der Waals surface area contributed by atoms with E-state index in [0.717, 1.165) is 0 Å². The third kappa shape index (κ3) is 3.43. The molecule has 1 unspecified atom stereocenters. The molecule has 1 N–H and O–H groups in total. The van der Waals surface area contributed by atoms with Crippen molar-refractivity contribution < 1.29 is 19.5 Å². The van der Waals surface area contributed by atoms with Gasteiger partial charge in [0.15, 0.2) is 5.78 Å². The molecule has 23 heavy (non-hydrogen) atoms. The van der Waals surface area contributed by atoms with Crippen molar-refractivity contribution in [1.82, 2.24) is 4.90 Å². The van der Waals surface area contributed by atoms with Crippen molar-refractivity contribution in [2.45, 2.75) is 18.7 Å². The summed E-state index contributed by atoms with van der Waals surface area (Å²) in [5.74, 6) is -1.28. The first kappa shape index (κ1) is 17.6. The maximum atomic E-state index is 12.9. The number of benzene rings is 1. The van der Waals surface area contributed by atoms with Gasteiger partial charge < -0.3 is 10.0 Å². The summed E-state index contributed by atoms with van der Waals surface area (Å²) in [5.41, 5.74) is 0.535. The Morgan fingerprint density at radius 2 is 2.00 bits per heavy atom. The maximum Gasteiger partial charge on any atom is 0.308 e. The molecule has 1 amide bonds. The molecule has 0 radical (unpaired) electrons. The number of Topliss-reactive ketones (excluding diaryl/α,β-unsaturated/α-hetero) is 1. The zero-order valence-corrected chi connectivity index (χ0v) is 14.3. The predicted molar refractivity (Wildman–Crippen MR) is 89.8 cm³/mol. The molecule has 7 heteroatoms. The van der Waals surface area contributed by atoms with Crippen molar-refractivity contribution in [1.29, 1.82) is 0 Å². The highest BCUT2D eigenvalue weighted by Crippen LogP contribution is 2.36. The number of likely N-dealkylation sites (N-methyl/N-ethyl adjacent to an activating group) is 1. The van der Waals surface area contributed by atoms with E-state index in [4.69, 9.17) is 16.7 Å². The van der Waals surface area contributed by atoms with Crippen LogP contribution < -0.4 is 0 Å². The fraction of sp³-hybridized carbons (Fsp3) is 0.312. The number of carboxylic acids is 1. The van der Waals surface area contributed by atoms with E-state index >= 15 is 0 Å². The second kappa shape index (κ2) is 7.19. The summed E-state index contributed by atoms with van der Waals surface area (Å²) in [6, 6.07) is 6.55. The number of hydrogen-bond donors (Lipinski definition) is 1. The van der Waals surface area contributed by atoms with Crippen molar-refractivity contribution in [3.8, 4) is 0 Å². The quantitative estimate of drug-likeness (QED) is 0.796. The van der Waals surface area contributed by atoms with Crippen LogP contribution in [0.1, 0.15) is 23.7 Å². The van der Waals surface area contributed by atoms with Gasteiger partial charge in [0.25, 0.3) is 5.91 Å². The molecule has 1 aliphatic heterocycles. The molecule has 1 heterocycles. The predicted octanol–water partition coefficient (Wildman–Crippen LogP) is 2.85.